The fourth-order valence-corrected chi connectivity index (χ4v) is 4.84. The van der Waals surface area contributed by atoms with Gasteiger partial charge in [-0.3, -0.25) is 4.79 Å². The third-order valence-electron chi connectivity index (χ3n) is 6.56. The lowest BCUT2D eigenvalue weighted by Crippen LogP contribution is -2.47. The molecule has 4 heterocycles. The maximum absolute atomic E-state index is 13.3. The van der Waals surface area contributed by atoms with Gasteiger partial charge in [-0.15, -0.1) is 0 Å². The van der Waals surface area contributed by atoms with E-state index in [1.54, 1.807) is 18.9 Å². The van der Waals surface area contributed by atoms with Gasteiger partial charge in [-0.2, -0.15) is 0 Å². The van der Waals surface area contributed by atoms with Crippen LogP contribution in [0.3, 0.4) is 0 Å². The second kappa shape index (κ2) is 6.78. The van der Waals surface area contributed by atoms with Crippen molar-refractivity contribution in [3.63, 3.8) is 0 Å². The maximum atomic E-state index is 13.3. The molecular formula is C20H28N6O. The van der Waals surface area contributed by atoms with Crippen LogP contribution in [0.5, 0.6) is 0 Å². The van der Waals surface area contributed by atoms with Gasteiger partial charge < -0.3 is 19.4 Å². The zero-order chi connectivity index (χ0) is 18.4. The van der Waals surface area contributed by atoms with Crippen molar-refractivity contribution in [3.05, 3.63) is 35.9 Å². The van der Waals surface area contributed by atoms with Crippen molar-refractivity contribution in [1.82, 2.24) is 29.3 Å². The van der Waals surface area contributed by atoms with Crippen molar-refractivity contribution < 1.29 is 4.79 Å². The monoisotopic (exact) mass is 368 g/mol. The summed E-state index contributed by atoms with van der Waals surface area (Å²) in [7, 11) is 1.88. The number of fused-ring (bicyclic) bond motifs is 1. The van der Waals surface area contributed by atoms with Gasteiger partial charge in [-0.1, -0.05) is 0 Å². The highest BCUT2D eigenvalue weighted by Crippen LogP contribution is 2.40. The minimum atomic E-state index is 0.0745. The van der Waals surface area contributed by atoms with Crippen molar-refractivity contribution in [1.29, 1.82) is 0 Å². The van der Waals surface area contributed by atoms with Gasteiger partial charge in [0.1, 0.15) is 5.69 Å². The first-order chi connectivity index (χ1) is 13.2. The molecule has 1 unspecified atom stereocenters. The van der Waals surface area contributed by atoms with E-state index >= 15 is 0 Å². The summed E-state index contributed by atoms with van der Waals surface area (Å²) in [5, 5.41) is 0. The van der Waals surface area contributed by atoms with Crippen molar-refractivity contribution in [2.24, 2.45) is 18.9 Å². The summed E-state index contributed by atoms with van der Waals surface area (Å²) >= 11 is 0. The average Bonchev–Trinajstić information content (AvgIpc) is 3.18. The SMILES string of the molecule is Cn1cncc1C(=O)N1CCc2[nH]cnc2C1C1CCN(CC2CC2)CC1. The Balaban J connectivity index is 1.38. The average molecular weight is 368 g/mol. The number of imidazole rings is 2. The predicted octanol–water partition coefficient (Wildman–Crippen LogP) is 2.00. The molecule has 2 aliphatic heterocycles. The van der Waals surface area contributed by atoms with E-state index in [2.05, 4.69) is 24.8 Å². The lowest BCUT2D eigenvalue weighted by Gasteiger charge is -2.43. The summed E-state index contributed by atoms with van der Waals surface area (Å²) in [6.07, 6.45) is 11.1. The number of nitrogens with one attached hydrogen (secondary N) is 1. The van der Waals surface area contributed by atoms with Crippen LogP contribution in [0.15, 0.2) is 18.9 Å². The van der Waals surface area contributed by atoms with Crippen LogP contribution in [-0.4, -0.2) is 61.4 Å². The molecule has 0 radical (unpaired) electrons. The van der Waals surface area contributed by atoms with Gasteiger partial charge in [0.05, 0.1) is 30.6 Å². The molecule has 144 valence electrons. The molecule has 1 saturated carbocycles. The third-order valence-corrected chi connectivity index (χ3v) is 6.56. The minimum absolute atomic E-state index is 0.0745. The molecule has 7 nitrogen and oxygen atoms in total. The van der Waals surface area contributed by atoms with Gasteiger partial charge in [0.2, 0.25) is 0 Å². The number of piperidine rings is 1. The molecule has 2 fully saturated rings. The molecule has 0 aromatic carbocycles. The Kier molecular flexibility index (Phi) is 4.27. The Hall–Kier alpha value is -2.15. The van der Waals surface area contributed by atoms with Gasteiger partial charge >= 0.3 is 0 Å². The summed E-state index contributed by atoms with van der Waals surface area (Å²) in [5.74, 6) is 1.49. The van der Waals surface area contributed by atoms with Crippen LogP contribution in [0.2, 0.25) is 0 Å². The number of aromatic nitrogens is 4. The lowest BCUT2D eigenvalue weighted by molar-refractivity contribution is 0.0460. The highest BCUT2D eigenvalue weighted by molar-refractivity contribution is 5.92. The molecule has 2 aromatic heterocycles. The van der Waals surface area contributed by atoms with E-state index in [4.69, 9.17) is 0 Å². The fraction of sp³-hybridized carbons (Fsp3) is 0.650. The standard InChI is InChI=1S/C20H28N6O/c1-24-13-21-10-17(24)20(27)26-9-6-16-18(23-12-22-16)19(26)15-4-7-25(8-5-15)11-14-2-3-14/h10,12-15,19H,2-9,11H2,1H3,(H,22,23). The number of aryl methyl sites for hydroxylation is 1. The van der Waals surface area contributed by atoms with E-state index in [0.717, 1.165) is 50.5 Å². The molecule has 27 heavy (non-hydrogen) atoms. The first-order valence-electron chi connectivity index (χ1n) is 10.2. The van der Waals surface area contributed by atoms with Crippen LogP contribution in [0, 0.1) is 11.8 Å². The van der Waals surface area contributed by atoms with Gasteiger partial charge in [-0.05, 0) is 50.6 Å². The lowest BCUT2D eigenvalue weighted by atomic mass is 9.83. The number of carbonyl (C=O) groups is 1. The van der Waals surface area contributed by atoms with Crippen LogP contribution in [0.1, 0.15) is 53.6 Å². The number of aromatic amines is 1. The second-order valence-corrected chi connectivity index (χ2v) is 8.43. The van der Waals surface area contributed by atoms with Crippen LogP contribution in [0.25, 0.3) is 0 Å². The Labute approximate surface area is 159 Å². The van der Waals surface area contributed by atoms with Crippen LogP contribution < -0.4 is 0 Å². The van der Waals surface area contributed by atoms with Crippen LogP contribution in [0.4, 0.5) is 0 Å². The number of likely N-dealkylation sites (tertiary alicyclic amines) is 1. The molecule has 0 bridgehead atoms. The normalized spacial score (nSPS) is 24.2. The molecular weight excluding hydrogens is 340 g/mol. The zero-order valence-electron chi connectivity index (χ0n) is 16.0. The maximum Gasteiger partial charge on any atom is 0.272 e. The first kappa shape index (κ1) is 17.0. The Morgan fingerprint density at radius 1 is 1.22 bits per heavy atom. The number of carbonyl (C=O) groups excluding carboxylic acids is 1. The highest BCUT2D eigenvalue weighted by atomic mass is 16.2. The summed E-state index contributed by atoms with van der Waals surface area (Å²) in [5.41, 5.74) is 2.94. The third kappa shape index (κ3) is 3.18. The Morgan fingerprint density at radius 2 is 2.04 bits per heavy atom. The van der Waals surface area contributed by atoms with E-state index in [-0.39, 0.29) is 11.9 Å². The first-order valence-corrected chi connectivity index (χ1v) is 10.2. The van der Waals surface area contributed by atoms with E-state index in [9.17, 15) is 4.79 Å². The van der Waals surface area contributed by atoms with Gasteiger partial charge in [0.15, 0.2) is 0 Å². The van der Waals surface area contributed by atoms with Crippen LogP contribution in [-0.2, 0) is 13.5 Å². The van der Waals surface area contributed by atoms with Crippen molar-refractivity contribution in [2.75, 3.05) is 26.2 Å². The second-order valence-electron chi connectivity index (χ2n) is 8.43. The summed E-state index contributed by atoms with van der Waals surface area (Å²) < 4.78 is 1.82. The van der Waals surface area contributed by atoms with Crippen LogP contribution >= 0.6 is 0 Å². The quantitative estimate of drug-likeness (QED) is 0.896. The Morgan fingerprint density at radius 3 is 2.74 bits per heavy atom. The molecule has 1 N–H and O–H groups in total. The number of nitrogens with zero attached hydrogens (tertiary/aromatic N) is 5. The molecule has 5 rings (SSSR count). The minimum Gasteiger partial charge on any atom is -0.348 e. The summed E-state index contributed by atoms with van der Waals surface area (Å²) in [6.45, 7) is 4.30. The zero-order valence-corrected chi connectivity index (χ0v) is 16.0. The number of hydrogen-bond acceptors (Lipinski definition) is 4. The number of rotatable bonds is 4. The topological polar surface area (TPSA) is 70.0 Å². The van der Waals surface area contributed by atoms with E-state index in [1.807, 2.05) is 11.6 Å². The number of amides is 1. The summed E-state index contributed by atoms with van der Waals surface area (Å²) in [6, 6.07) is 0.0745. The molecule has 1 atom stereocenters. The highest BCUT2D eigenvalue weighted by Gasteiger charge is 2.40. The van der Waals surface area contributed by atoms with Crippen molar-refractivity contribution in [3.8, 4) is 0 Å². The molecule has 1 saturated heterocycles. The van der Waals surface area contributed by atoms with Gasteiger partial charge in [-0.25, -0.2) is 9.97 Å². The largest absolute Gasteiger partial charge is 0.348 e. The van der Waals surface area contributed by atoms with E-state index in [0.29, 0.717) is 11.6 Å². The fourth-order valence-electron chi connectivity index (χ4n) is 4.84. The van der Waals surface area contributed by atoms with Gasteiger partial charge in [0, 0.05) is 32.3 Å². The number of hydrogen-bond donors (Lipinski definition) is 1. The molecule has 7 heteroatoms. The molecule has 0 spiro atoms. The number of H-pyrrole nitrogens is 1. The molecule has 1 amide bonds. The van der Waals surface area contributed by atoms with Crippen molar-refractivity contribution >= 4 is 5.91 Å². The molecule has 3 aliphatic rings. The van der Waals surface area contributed by atoms with Gasteiger partial charge in [0.25, 0.3) is 5.91 Å². The van der Waals surface area contributed by atoms with E-state index < -0.39 is 0 Å². The smallest absolute Gasteiger partial charge is 0.272 e. The molecule has 2 aromatic rings. The Bertz CT molecular complexity index is 814. The predicted molar refractivity (Wildman–Crippen MR) is 101 cm³/mol. The van der Waals surface area contributed by atoms with E-state index in [1.165, 1.54) is 25.1 Å². The summed E-state index contributed by atoms with van der Waals surface area (Å²) in [4.78, 5) is 30.1. The van der Waals surface area contributed by atoms with Crippen molar-refractivity contribution in [2.45, 2.75) is 38.1 Å². The molecule has 1 aliphatic carbocycles.